The first-order chi connectivity index (χ1) is 9.05. The Balaban J connectivity index is 3.05. The van der Waals surface area contributed by atoms with Gasteiger partial charge in [0.05, 0.1) is 13.0 Å². The quantitative estimate of drug-likeness (QED) is 0.670. The van der Waals surface area contributed by atoms with E-state index in [0.29, 0.717) is 5.46 Å². The highest BCUT2D eigenvalue weighted by atomic mass is 19.3. The van der Waals surface area contributed by atoms with Crippen LogP contribution in [0.4, 0.5) is 8.78 Å². The Morgan fingerprint density at radius 2 is 1.95 bits per heavy atom. The molecule has 20 heavy (non-hydrogen) atoms. The van der Waals surface area contributed by atoms with Crippen molar-refractivity contribution in [1.82, 2.24) is 0 Å². The van der Waals surface area contributed by atoms with Gasteiger partial charge in [-0.15, -0.1) is 0 Å². The molecular weight excluding hydrogens is 263 g/mol. The van der Waals surface area contributed by atoms with Crippen molar-refractivity contribution < 1.29 is 18.3 Å². The fraction of sp³-hybridized carbons (Fsp3) is 0.500. The number of halogens is 2. The molecule has 0 heterocycles. The van der Waals surface area contributed by atoms with Gasteiger partial charge < -0.3 is 10.5 Å². The standard InChI is InChI=1S/C14H18BF2NO2/c1-13(2,3)20-12(19)7-9-6-10(15)4-5-11(9)14(16,17)8-18/h4-6H,7-8,18H2,1-3H3. The minimum atomic E-state index is -3.20. The van der Waals surface area contributed by atoms with Gasteiger partial charge in [-0.1, -0.05) is 23.7 Å². The lowest BCUT2D eigenvalue weighted by Crippen LogP contribution is -2.29. The van der Waals surface area contributed by atoms with Crippen LogP contribution in [0.15, 0.2) is 18.2 Å². The molecule has 0 aromatic heterocycles. The minimum absolute atomic E-state index is 0.134. The van der Waals surface area contributed by atoms with E-state index in [1.54, 1.807) is 20.8 Å². The Morgan fingerprint density at radius 1 is 1.35 bits per heavy atom. The maximum atomic E-state index is 13.7. The molecular formula is C14H18BF2NO2. The van der Waals surface area contributed by atoms with Crippen LogP contribution in [-0.4, -0.2) is 26.0 Å². The van der Waals surface area contributed by atoms with Gasteiger partial charge in [-0.2, -0.15) is 8.78 Å². The second-order valence-electron chi connectivity index (χ2n) is 5.59. The molecule has 0 aliphatic heterocycles. The average Bonchev–Trinajstić information content (AvgIpc) is 2.25. The van der Waals surface area contributed by atoms with Crippen molar-refractivity contribution in [2.24, 2.45) is 5.73 Å². The van der Waals surface area contributed by atoms with E-state index in [0.717, 1.165) is 0 Å². The summed E-state index contributed by atoms with van der Waals surface area (Å²) in [6.45, 7) is 4.29. The smallest absolute Gasteiger partial charge is 0.310 e. The van der Waals surface area contributed by atoms with Crippen molar-refractivity contribution in [3.8, 4) is 0 Å². The number of carbonyl (C=O) groups is 1. The normalized spacial score (nSPS) is 12.3. The van der Waals surface area contributed by atoms with Gasteiger partial charge in [0.15, 0.2) is 0 Å². The molecule has 0 bridgehead atoms. The lowest BCUT2D eigenvalue weighted by atomic mass is 9.89. The summed E-state index contributed by atoms with van der Waals surface area (Å²) in [5.74, 6) is -3.79. The van der Waals surface area contributed by atoms with Crippen molar-refractivity contribution in [3.05, 3.63) is 29.3 Å². The lowest BCUT2D eigenvalue weighted by molar-refractivity contribution is -0.153. The van der Waals surface area contributed by atoms with Gasteiger partial charge in [0.25, 0.3) is 5.92 Å². The average molecular weight is 281 g/mol. The molecule has 0 amide bonds. The number of rotatable bonds is 4. The Bertz CT molecular complexity index is 498. The molecule has 0 saturated heterocycles. The van der Waals surface area contributed by atoms with E-state index in [9.17, 15) is 13.6 Å². The lowest BCUT2D eigenvalue weighted by Gasteiger charge is -2.22. The van der Waals surface area contributed by atoms with E-state index < -0.39 is 24.0 Å². The molecule has 0 saturated carbocycles. The number of alkyl halides is 2. The first-order valence-corrected chi connectivity index (χ1v) is 6.24. The zero-order valence-electron chi connectivity index (χ0n) is 11.9. The van der Waals surface area contributed by atoms with Gasteiger partial charge in [0, 0.05) is 5.56 Å². The van der Waals surface area contributed by atoms with Crippen LogP contribution < -0.4 is 11.2 Å². The number of benzene rings is 1. The SMILES string of the molecule is [B]c1ccc(C(F)(F)CN)c(CC(=O)OC(C)(C)C)c1. The molecule has 0 atom stereocenters. The predicted molar refractivity (Wildman–Crippen MR) is 74.3 cm³/mol. The van der Waals surface area contributed by atoms with E-state index in [4.69, 9.17) is 18.3 Å². The van der Waals surface area contributed by atoms with Gasteiger partial charge in [-0.3, -0.25) is 4.79 Å². The van der Waals surface area contributed by atoms with Gasteiger partial charge in [0.2, 0.25) is 0 Å². The van der Waals surface area contributed by atoms with Crippen LogP contribution in [0.2, 0.25) is 0 Å². The second kappa shape index (κ2) is 5.91. The summed E-state index contributed by atoms with van der Waals surface area (Å²) in [6, 6.07) is 3.90. The molecule has 1 rings (SSSR count). The van der Waals surface area contributed by atoms with Crippen LogP contribution >= 0.6 is 0 Å². The molecule has 3 nitrogen and oxygen atoms in total. The van der Waals surface area contributed by atoms with Gasteiger partial charge in [-0.25, -0.2) is 0 Å². The Kier molecular flexibility index (Phi) is 4.92. The highest BCUT2D eigenvalue weighted by Gasteiger charge is 2.32. The summed E-state index contributed by atoms with van der Waals surface area (Å²) in [6.07, 6.45) is -0.271. The zero-order chi connectivity index (χ0) is 15.6. The molecule has 2 N–H and O–H groups in total. The largest absolute Gasteiger partial charge is 0.460 e. The topological polar surface area (TPSA) is 52.3 Å². The summed E-state index contributed by atoms with van der Waals surface area (Å²) in [5.41, 5.74) is 4.56. The number of carbonyl (C=O) groups excluding carboxylic acids is 1. The van der Waals surface area contributed by atoms with E-state index in [1.807, 2.05) is 0 Å². The highest BCUT2D eigenvalue weighted by Crippen LogP contribution is 2.29. The van der Waals surface area contributed by atoms with Crippen LogP contribution in [0.3, 0.4) is 0 Å². The van der Waals surface area contributed by atoms with Crippen LogP contribution in [-0.2, 0) is 21.9 Å². The monoisotopic (exact) mass is 281 g/mol. The van der Waals surface area contributed by atoms with Crippen molar-refractivity contribution in [1.29, 1.82) is 0 Å². The Labute approximate surface area is 118 Å². The predicted octanol–water partition coefficient (Wildman–Crippen LogP) is 1.42. The first kappa shape index (κ1) is 16.6. The van der Waals surface area contributed by atoms with Crippen LogP contribution in [0.25, 0.3) is 0 Å². The van der Waals surface area contributed by atoms with E-state index in [1.165, 1.54) is 18.2 Å². The summed E-state index contributed by atoms with van der Waals surface area (Å²) in [5, 5.41) is 0. The number of hydrogen-bond acceptors (Lipinski definition) is 3. The fourth-order valence-electron chi connectivity index (χ4n) is 1.76. The number of ether oxygens (including phenoxy) is 1. The molecule has 1 aromatic rings. The van der Waals surface area contributed by atoms with E-state index >= 15 is 0 Å². The molecule has 0 aliphatic carbocycles. The number of esters is 1. The van der Waals surface area contributed by atoms with Crippen molar-refractivity contribution in [2.45, 2.75) is 38.7 Å². The molecule has 2 radical (unpaired) electrons. The third-order valence-electron chi connectivity index (χ3n) is 2.53. The third kappa shape index (κ3) is 4.60. The Hall–Kier alpha value is -1.43. The maximum absolute atomic E-state index is 13.7. The maximum Gasteiger partial charge on any atom is 0.310 e. The fourth-order valence-corrected chi connectivity index (χ4v) is 1.76. The molecule has 0 aliphatic rings. The molecule has 108 valence electrons. The number of hydrogen-bond donors (Lipinski definition) is 1. The summed E-state index contributed by atoms with van der Waals surface area (Å²) in [7, 11) is 5.59. The molecule has 0 spiro atoms. The Morgan fingerprint density at radius 3 is 2.45 bits per heavy atom. The van der Waals surface area contributed by atoms with Gasteiger partial charge >= 0.3 is 5.97 Å². The van der Waals surface area contributed by atoms with Crippen molar-refractivity contribution in [3.63, 3.8) is 0 Å². The van der Waals surface area contributed by atoms with Crippen LogP contribution in [0.1, 0.15) is 31.9 Å². The zero-order valence-corrected chi connectivity index (χ0v) is 11.9. The van der Waals surface area contributed by atoms with Crippen LogP contribution in [0, 0.1) is 0 Å². The summed E-state index contributed by atoms with van der Waals surface area (Å²) >= 11 is 0. The van der Waals surface area contributed by atoms with Crippen LogP contribution in [0.5, 0.6) is 0 Å². The molecule has 1 aromatic carbocycles. The summed E-state index contributed by atoms with van der Waals surface area (Å²) in [4.78, 5) is 11.8. The van der Waals surface area contributed by atoms with Crippen molar-refractivity contribution >= 4 is 19.3 Å². The molecule has 0 unspecified atom stereocenters. The third-order valence-corrected chi connectivity index (χ3v) is 2.53. The molecule has 0 fully saturated rings. The molecule has 6 heteroatoms. The van der Waals surface area contributed by atoms with Crippen molar-refractivity contribution in [2.75, 3.05) is 6.54 Å². The summed E-state index contributed by atoms with van der Waals surface area (Å²) < 4.78 is 32.6. The highest BCUT2D eigenvalue weighted by molar-refractivity contribution is 6.32. The number of nitrogens with two attached hydrogens (primary N) is 1. The minimum Gasteiger partial charge on any atom is -0.460 e. The van der Waals surface area contributed by atoms with Gasteiger partial charge in [-0.05, 0) is 26.3 Å². The second-order valence-corrected chi connectivity index (χ2v) is 5.59. The van der Waals surface area contributed by atoms with E-state index in [2.05, 4.69) is 0 Å². The first-order valence-electron chi connectivity index (χ1n) is 6.24. The van der Waals surface area contributed by atoms with Gasteiger partial charge in [0.1, 0.15) is 13.4 Å². The van der Waals surface area contributed by atoms with E-state index in [-0.39, 0.29) is 17.5 Å².